The zero-order valence-corrected chi connectivity index (χ0v) is 32.1. The van der Waals surface area contributed by atoms with Crippen molar-refractivity contribution in [2.75, 3.05) is 49.3 Å². The van der Waals surface area contributed by atoms with Crippen molar-refractivity contribution in [3.05, 3.63) is 103 Å². The average Bonchev–Trinajstić information content (AvgIpc) is 3.80. The number of imidazole rings is 2. The summed E-state index contributed by atoms with van der Waals surface area (Å²) >= 11 is 0. The second kappa shape index (κ2) is 19.2. The van der Waals surface area contributed by atoms with Gasteiger partial charge in [0.1, 0.15) is 13.1 Å². The number of fused-ring (bicyclic) bond motifs is 2. The van der Waals surface area contributed by atoms with E-state index in [4.69, 9.17) is 17.0 Å². The van der Waals surface area contributed by atoms with Gasteiger partial charge in [-0.15, -0.1) is 0 Å². The Labute approximate surface area is 324 Å². The molecule has 2 aromatic carbocycles. The first-order valence-electron chi connectivity index (χ1n) is 17.1. The van der Waals surface area contributed by atoms with Crippen LogP contribution in [-0.2, 0) is 60.5 Å². The summed E-state index contributed by atoms with van der Waals surface area (Å²) in [6.45, 7) is -0.248. The molecule has 6 aromatic rings. The molecule has 57 heavy (non-hydrogen) atoms. The Kier molecular flexibility index (Phi) is 14.2. The summed E-state index contributed by atoms with van der Waals surface area (Å²) in [5.74, 6) is -1.48. The van der Waals surface area contributed by atoms with Gasteiger partial charge in [0, 0.05) is 66.4 Å². The molecule has 4 heterocycles. The van der Waals surface area contributed by atoms with Crippen LogP contribution in [0.5, 0.6) is 0 Å². The number of amides is 1. The summed E-state index contributed by atoms with van der Waals surface area (Å²) in [6.07, 6.45) is 2.58. The van der Waals surface area contributed by atoms with Crippen molar-refractivity contribution >= 4 is 63.4 Å². The van der Waals surface area contributed by atoms with Gasteiger partial charge in [-0.1, -0.05) is 12.1 Å². The Bertz CT molecular complexity index is 2660. The number of nitrogens with two attached hydrogens (primary N) is 1. The lowest BCUT2D eigenvalue weighted by atomic mass is 10.2. The van der Waals surface area contributed by atoms with Crippen molar-refractivity contribution < 1.29 is 30.1 Å². The maximum Gasteiger partial charge on any atom is 0.332 e. The number of carboxylic acid groups (broad SMARTS) is 1. The van der Waals surface area contributed by atoms with Crippen LogP contribution in [0.15, 0.2) is 80.4 Å². The van der Waals surface area contributed by atoms with Gasteiger partial charge in [0.2, 0.25) is 5.91 Å². The Hall–Kier alpha value is -7.52. The van der Waals surface area contributed by atoms with Crippen LogP contribution in [0.4, 0.5) is 27.1 Å². The minimum Gasteiger partial charge on any atom is -0.480 e. The molecule has 0 bridgehead atoms. The highest BCUT2D eigenvalue weighted by Crippen LogP contribution is 2.19. The summed E-state index contributed by atoms with van der Waals surface area (Å²) in [5.41, 5.74) is 7.13. The third-order valence-electron chi connectivity index (χ3n) is 8.14. The second-order valence-corrected chi connectivity index (χ2v) is 12.2. The first kappa shape index (κ1) is 42.2. The van der Waals surface area contributed by atoms with E-state index in [1.54, 1.807) is 31.3 Å². The van der Waals surface area contributed by atoms with Crippen molar-refractivity contribution in [2.45, 2.75) is 13.1 Å². The molecular formula is C35H43FN12O9. The Morgan fingerprint density at radius 1 is 0.842 bits per heavy atom. The second-order valence-electron chi connectivity index (χ2n) is 12.2. The van der Waals surface area contributed by atoms with Gasteiger partial charge in [0.15, 0.2) is 22.3 Å². The van der Waals surface area contributed by atoms with Crippen LogP contribution in [0.3, 0.4) is 0 Å². The number of aromatic nitrogens is 8. The lowest BCUT2D eigenvalue weighted by molar-refractivity contribution is -0.137. The first-order valence-corrected chi connectivity index (χ1v) is 16.4. The number of alkyl halides is 1. The fourth-order valence-corrected chi connectivity index (χ4v) is 5.24. The van der Waals surface area contributed by atoms with Crippen LogP contribution in [-0.4, -0.2) is 89.1 Å². The molecule has 4 N–H and O–H groups in total. The fourth-order valence-electron chi connectivity index (χ4n) is 5.24. The minimum absolute atomic E-state index is 0.108. The number of carboxylic acids is 1. The third kappa shape index (κ3) is 10.2. The lowest BCUT2D eigenvalue weighted by Crippen LogP contribution is -2.37. The molecule has 0 spiro atoms. The molecule has 0 aliphatic rings. The number of nitrogens with zero attached hydrogens (tertiary/aromatic N) is 10. The first-order chi connectivity index (χ1) is 27.4. The van der Waals surface area contributed by atoms with Gasteiger partial charge >= 0.3 is 23.8 Å². The number of hydroxylamine groups is 1. The van der Waals surface area contributed by atoms with E-state index >= 15 is 0 Å². The van der Waals surface area contributed by atoms with E-state index in [1.807, 2.05) is 43.3 Å². The quantitative estimate of drug-likeness (QED) is 0.0994. The molecule has 0 saturated carbocycles. The van der Waals surface area contributed by atoms with Gasteiger partial charge in [0.25, 0.3) is 11.1 Å². The molecule has 1 amide bonds. The van der Waals surface area contributed by atoms with Crippen LogP contribution in [0.2, 0.25) is 0 Å². The molecule has 6 rings (SSSR count). The number of aliphatic carboxylic acids is 1. The molecule has 304 valence electrons. The molecule has 0 radical (unpaired) electrons. The molecule has 0 atom stereocenters. The highest BCUT2D eigenvalue weighted by Gasteiger charge is 2.17. The number of nitrogen functional groups attached to an aromatic ring is 1. The monoisotopic (exact) mass is 795 g/mol. The summed E-state index contributed by atoms with van der Waals surface area (Å²) in [6, 6.07) is 14.5. The highest BCUT2D eigenvalue weighted by atomic mass is 19.1. The van der Waals surface area contributed by atoms with E-state index < -0.39 is 41.5 Å². The predicted octanol–water partition coefficient (Wildman–Crippen LogP) is 0.0354. The number of rotatable bonds is 9. The van der Waals surface area contributed by atoms with E-state index in [2.05, 4.69) is 15.3 Å². The lowest BCUT2D eigenvalue weighted by Gasteiger charge is -2.16. The van der Waals surface area contributed by atoms with E-state index in [-0.39, 0.29) is 35.4 Å². The molecule has 0 unspecified atom stereocenters. The zero-order chi connectivity index (χ0) is 43.4. The van der Waals surface area contributed by atoms with Gasteiger partial charge in [-0.2, -0.15) is 0 Å². The number of halogens is 1. The van der Waals surface area contributed by atoms with Crippen molar-refractivity contribution in [2.24, 2.45) is 28.2 Å². The van der Waals surface area contributed by atoms with Gasteiger partial charge < -0.3 is 35.0 Å². The number of benzene rings is 2. The van der Waals surface area contributed by atoms with Crippen molar-refractivity contribution in [1.29, 1.82) is 0 Å². The van der Waals surface area contributed by atoms with E-state index in [0.29, 0.717) is 17.8 Å². The Morgan fingerprint density at radius 3 is 1.79 bits per heavy atom. The zero-order valence-electron chi connectivity index (χ0n) is 33.1. The maximum atomic E-state index is 12.4. The fraction of sp³-hybridized carbons (Fsp3) is 0.286. The number of hydrogen-bond donors (Lipinski definition) is 3. The van der Waals surface area contributed by atoms with Gasteiger partial charge in [-0.05, 0) is 36.4 Å². The smallest absolute Gasteiger partial charge is 0.332 e. The van der Waals surface area contributed by atoms with Crippen LogP contribution >= 0.6 is 0 Å². The molecule has 0 saturated heterocycles. The van der Waals surface area contributed by atoms with Crippen molar-refractivity contribution in [3.8, 4) is 0 Å². The molecule has 21 nitrogen and oxygen atoms in total. The molecule has 0 aliphatic heterocycles. The summed E-state index contributed by atoms with van der Waals surface area (Å²) in [5, 5.41) is 12.7. The van der Waals surface area contributed by atoms with Crippen molar-refractivity contribution in [1.82, 2.24) is 37.4 Å². The predicted molar refractivity (Wildman–Crippen MR) is 211 cm³/mol. The van der Waals surface area contributed by atoms with Gasteiger partial charge in [-0.25, -0.2) is 24.6 Å². The third-order valence-corrected chi connectivity index (χ3v) is 8.14. The highest BCUT2D eigenvalue weighted by molar-refractivity contribution is 5.92. The van der Waals surface area contributed by atoms with Gasteiger partial charge in [0.05, 0.1) is 26.9 Å². The molecular weight excluding hydrogens is 751 g/mol. The number of aryl methyl sites for hydroxylation is 2. The van der Waals surface area contributed by atoms with Gasteiger partial charge in [-0.3, -0.25) is 46.6 Å². The standard InChI is InChI=1S/C17H18N6O5.C9H10N4O4.C8H12N2.CH3F/c1-20-15-14(16(26)21(2)17(20)27)23(9-18-15)8-13(25)19-11-5-4-6-12(7-11)22(3)28-10-24;1-11-7-6(8(16)12(2)9(11)17)13(4-10-7)3-5(14)15;1-10(2)8-5-3-4-7(9)6-8;1-2/h4-7,9-10H,8H2,1-3H3,(H,19,25);4H,3H2,1-2H3,(H,14,15);3-6H,9H2,1-2H3;1H3/i;;;1D. The number of hydrogen-bond acceptors (Lipinski definition) is 13. The molecule has 4 aromatic heterocycles. The largest absolute Gasteiger partial charge is 0.480 e. The average molecular weight is 796 g/mol. The number of nitrogens with one attached hydrogen (secondary N) is 1. The molecule has 0 fully saturated rings. The number of carbonyl (C=O) groups is 3. The minimum atomic E-state index is -1.08. The number of anilines is 4. The molecule has 0 aliphatic carbocycles. The van der Waals surface area contributed by atoms with Crippen LogP contribution in [0, 0.1) is 0 Å². The maximum absolute atomic E-state index is 12.4. The van der Waals surface area contributed by atoms with E-state index in [9.17, 15) is 38.0 Å². The molecule has 22 heteroatoms. The van der Waals surface area contributed by atoms with E-state index in [1.165, 1.54) is 64.2 Å². The number of carbonyl (C=O) groups excluding carboxylic acids is 2. The summed E-state index contributed by atoms with van der Waals surface area (Å²) in [4.78, 5) is 96.1. The summed E-state index contributed by atoms with van der Waals surface area (Å²) < 4.78 is 22.4. The Morgan fingerprint density at radius 2 is 1.33 bits per heavy atom. The van der Waals surface area contributed by atoms with Crippen molar-refractivity contribution in [3.63, 3.8) is 0 Å². The Balaban J connectivity index is 0.000000253. The topological polar surface area (TPSA) is 249 Å². The van der Waals surface area contributed by atoms with Crippen LogP contribution in [0.25, 0.3) is 22.3 Å². The normalized spacial score (nSPS) is 10.5. The summed E-state index contributed by atoms with van der Waals surface area (Å²) in [7, 11) is 10.2. The van der Waals surface area contributed by atoms with Crippen LogP contribution in [0.1, 0.15) is 1.37 Å². The van der Waals surface area contributed by atoms with Crippen LogP contribution < -0.4 is 43.5 Å². The van der Waals surface area contributed by atoms with E-state index in [0.717, 1.165) is 20.5 Å². The SMILES string of the molecule is CN(C)c1cccc(N)c1.CN(OC=O)c1cccc(NC(=O)Cn2cnc3c2c(=O)n(C)c(=O)n3C)c1.Cn1c(=O)c2c(ncn2CC(=O)O)n(C)c1=O.[2H]CF.